The van der Waals surface area contributed by atoms with Gasteiger partial charge in [0.15, 0.2) is 0 Å². The van der Waals surface area contributed by atoms with Crippen LogP contribution in [0.15, 0.2) is 28.7 Å². The molecule has 0 radical (unpaired) electrons. The molecule has 0 unspecified atom stereocenters. The van der Waals surface area contributed by atoms with E-state index in [1.54, 1.807) is 0 Å². The zero-order valence-corrected chi connectivity index (χ0v) is 11.9. The van der Waals surface area contributed by atoms with Gasteiger partial charge in [0.2, 0.25) is 0 Å². The number of nitrogens with zero attached hydrogens (tertiary/aromatic N) is 2. The summed E-state index contributed by atoms with van der Waals surface area (Å²) in [5.41, 5.74) is 3.45. The molecule has 1 aromatic heterocycles. The molecule has 0 saturated carbocycles. The van der Waals surface area contributed by atoms with Crippen LogP contribution in [0.1, 0.15) is 11.4 Å². The molecule has 0 saturated heterocycles. The molecular weight excluding hydrogens is 278 g/mol. The third kappa shape index (κ3) is 2.42. The van der Waals surface area contributed by atoms with Crippen LogP contribution in [0.4, 0.5) is 0 Å². The van der Waals surface area contributed by atoms with Crippen molar-refractivity contribution in [3.63, 3.8) is 0 Å². The number of hydrogen-bond donors (Lipinski definition) is 1. The number of aryl methyl sites for hydroxylation is 1. The second-order valence-corrected chi connectivity index (χ2v) is 4.98. The van der Waals surface area contributed by atoms with Crippen molar-refractivity contribution in [1.82, 2.24) is 14.9 Å². The predicted octanol–water partition coefficient (Wildman–Crippen LogP) is 2.88. The normalized spacial score (nSPS) is 10.8. The largest absolute Gasteiger partial charge is 0.330 e. The van der Waals surface area contributed by atoms with Gasteiger partial charge in [-0.2, -0.15) is 0 Å². The summed E-state index contributed by atoms with van der Waals surface area (Å²) >= 11 is 3.44. The fraction of sp³-hybridized carbons (Fsp3) is 0.308. The first-order chi connectivity index (χ1) is 8.13. The Labute approximate surface area is 110 Å². The predicted molar refractivity (Wildman–Crippen MR) is 73.8 cm³/mol. The number of imidazole rings is 1. The van der Waals surface area contributed by atoms with Crippen LogP contribution in [0, 0.1) is 6.92 Å². The molecule has 0 aliphatic carbocycles. The lowest BCUT2D eigenvalue weighted by Crippen LogP contribution is -2.10. The van der Waals surface area contributed by atoms with E-state index in [9.17, 15) is 0 Å². The van der Waals surface area contributed by atoms with Gasteiger partial charge in [0.1, 0.15) is 5.82 Å². The summed E-state index contributed by atoms with van der Waals surface area (Å²) in [6, 6.07) is 8.23. The lowest BCUT2D eigenvalue weighted by molar-refractivity contribution is 0.732. The lowest BCUT2D eigenvalue weighted by atomic mass is 10.2. The molecule has 0 spiro atoms. The number of rotatable bonds is 3. The monoisotopic (exact) mass is 293 g/mol. The first-order valence-electron chi connectivity index (χ1n) is 5.56. The van der Waals surface area contributed by atoms with Gasteiger partial charge >= 0.3 is 0 Å². The summed E-state index contributed by atoms with van der Waals surface area (Å²) in [5, 5.41) is 3.17. The lowest BCUT2D eigenvalue weighted by Gasteiger charge is -2.06. The Bertz CT molecular complexity index is 514. The highest BCUT2D eigenvalue weighted by atomic mass is 79.9. The van der Waals surface area contributed by atoms with Gasteiger partial charge in [0.25, 0.3) is 0 Å². The Hall–Kier alpha value is -1.13. The molecule has 0 amide bonds. The molecule has 17 heavy (non-hydrogen) atoms. The van der Waals surface area contributed by atoms with Crippen LogP contribution in [0.25, 0.3) is 11.4 Å². The van der Waals surface area contributed by atoms with E-state index in [4.69, 9.17) is 0 Å². The van der Waals surface area contributed by atoms with Crippen molar-refractivity contribution < 1.29 is 0 Å². The number of nitrogens with one attached hydrogen (secondary N) is 1. The van der Waals surface area contributed by atoms with E-state index >= 15 is 0 Å². The van der Waals surface area contributed by atoms with E-state index in [1.807, 2.05) is 19.2 Å². The van der Waals surface area contributed by atoms with Gasteiger partial charge in [0, 0.05) is 23.6 Å². The minimum Gasteiger partial charge on any atom is -0.330 e. The Kier molecular flexibility index (Phi) is 3.64. The minimum atomic E-state index is 0.839. The highest BCUT2D eigenvalue weighted by molar-refractivity contribution is 9.10. The summed E-state index contributed by atoms with van der Waals surface area (Å²) in [4.78, 5) is 4.64. The van der Waals surface area contributed by atoms with Crippen LogP contribution in [0.3, 0.4) is 0 Å². The zero-order valence-electron chi connectivity index (χ0n) is 10.3. The van der Waals surface area contributed by atoms with Gasteiger partial charge < -0.3 is 9.88 Å². The Balaban J connectivity index is 2.46. The average Bonchev–Trinajstić information content (AvgIpc) is 2.59. The average molecular weight is 294 g/mol. The molecule has 0 aliphatic rings. The van der Waals surface area contributed by atoms with Gasteiger partial charge in [-0.15, -0.1) is 0 Å². The molecule has 4 heteroatoms. The Morgan fingerprint density at radius 2 is 1.94 bits per heavy atom. The van der Waals surface area contributed by atoms with Gasteiger partial charge in [-0.1, -0.05) is 28.1 Å². The van der Waals surface area contributed by atoms with E-state index in [1.165, 1.54) is 5.69 Å². The Morgan fingerprint density at radius 3 is 2.53 bits per heavy atom. The molecule has 0 bridgehead atoms. The van der Waals surface area contributed by atoms with Crippen LogP contribution in [-0.2, 0) is 13.6 Å². The van der Waals surface area contributed by atoms with E-state index in [0.717, 1.165) is 28.1 Å². The van der Waals surface area contributed by atoms with Crippen molar-refractivity contribution in [2.75, 3.05) is 7.05 Å². The van der Waals surface area contributed by atoms with Crippen LogP contribution in [0.5, 0.6) is 0 Å². The van der Waals surface area contributed by atoms with Crippen LogP contribution < -0.4 is 5.32 Å². The smallest absolute Gasteiger partial charge is 0.140 e. The number of aromatic nitrogens is 2. The maximum absolute atomic E-state index is 4.64. The molecular formula is C13H16BrN3. The van der Waals surface area contributed by atoms with Gasteiger partial charge in [-0.3, -0.25) is 0 Å². The maximum atomic E-state index is 4.64. The second-order valence-electron chi connectivity index (χ2n) is 4.06. The number of halogens is 1. The van der Waals surface area contributed by atoms with Gasteiger partial charge in [-0.05, 0) is 26.1 Å². The summed E-state index contributed by atoms with van der Waals surface area (Å²) in [5.74, 6) is 1.01. The minimum absolute atomic E-state index is 0.839. The van der Waals surface area contributed by atoms with Crippen LogP contribution in [-0.4, -0.2) is 16.6 Å². The van der Waals surface area contributed by atoms with Crippen molar-refractivity contribution in [2.24, 2.45) is 7.05 Å². The number of hydrogen-bond acceptors (Lipinski definition) is 2. The topological polar surface area (TPSA) is 29.9 Å². The molecule has 2 aromatic rings. The molecule has 2 rings (SSSR count). The summed E-state index contributed by atoms with van der Waals surface area (Å²) in [7, 11) is 4.01. The van der Waals surface area contributed by atoms with Crippen LogP contribution >= 0.6 is 15.9 Å². The van der Waals surface area contributed by atoms with Gasteiger partial charge in [-0.25, -0.2) is 4.98 Å². The standard InChI is InChI=1S/C13H16BrN3/c1-9-12(8-15-2)17(3)13(16-9)10-4-6-11(14)7-5-10/h4-7,15H,8H2,1-3H3. The highest BCUT2D eigenvalue weighted by Crippen LogP contribution is 2.23. The van der Waals surface area contributed by atoms with Crippen molar-refractivity contribution in [1.29, 1.82) is 0 Å². The van der Waals surface area contributed by atoms with Crippen LogP contribution in [0.2, 0.25) is 0 Å². The second kappa shape index (κ2) is 5.02. The molecule has 0 atom stereocenters. The maximum Gasteiger partial charge on any atom is 0.140 e. The molecule has 1 heterocycles. The fourth-order valence-corrected chi connectivity index (χ4v) is 2.20. The third-order valence-corrected chi connectivity index (χ3v) is 3.39. The molecule has 3 nitrogen and oxygen atoms in total. The van der Waals surface area contributed by atoms with Gasteiger partial charge in [0.05, 0.1) is 11.4 Å². The summed E-state index contributed by atoms with van der Waals surface area (Å²) < 4.78 is 3.23. The fourth-order valence-electron chi connectivity index (χ4n) is 1.94. The van der Waals surface area contributed by atoms with E-state index in [2.05, 4.69) is 56.9 Å². The van der Waals surface area contributed by atoms with Crippen molar-refractivity contribution >= 4 is 15.9 Å². The highest BCUT2D eigenvalue weighted by Gasteiger charge is 2.11. The summed E-state index contributed by atoms with van der Waals surface area (Å²) in [6.07, 6.45) is 0. The quantitative estimate of drug-likeness (QED) is 0.943. The Morgan fingerprint density at radius 1 is 1.29 bits per heavy atom. The van der Waals surface area contributed by atoms with E-state index in [-0.39, 0.29) is 0 Å². The van der Waals surface area contributed by atoms with Crippen molar-refractivity contribution in [2.45, 2.75) is 13.5 Å². The van der Waals surface area contributed by atoms with Crippen molar-refractivity contribution in [3.05, 3.63) is 40.1 Å². The SMILES string of the molecule is CNCc1c(C)nc(-c2ccc(Br)cc2)n1C. The molecule has 0 aliphatic heterocycles. The number of benzene rings is 1. The zero-order chi connectivity index (χ0) is 12.4. The molecule has 1 aromatic carbocycles. The third-order valence-electron chi connectivity index (χ3n) is 2.86. The molecule has 90 valence electrons. The first kappa shape index (κ1) is 12.3. The van der Waals surface area contributed by atoms with E-state index < -0.39 is 0 Å². The van der Waals surface area contributed by atoms with Crippen molar-refractivity contribution in [3.8, 4) is 11.4 Å². The summed E-state index contributed by atoms with van der Waals surface area (Å²) in [6.45, 7) is 2.89. The molecule has 1 N–H and O–H groups in total. The van der Waals surface area contributed by atoms with E-state index in [0.29, 0.717) is 0 Å². The molecule has 0 fully saturated rings. The first-order valence-corrected chi connectivity index (χ1v) is 6.35.